The molecule has 4 heteroatoms. The first-order chi connectivity index (χ1) is 7.52. The van der Waals surface area contributed by atoms with E-state index in [1.165, 1.54) is 0 Å². The van der Waals surface area contributed by atoms with Gasteiger partial charge >= 0.3 is 0 Å². The molecule has 0 aromatic heterocycles. The molecule has 0 aliphatic heterocycles. The van der Waals surface area contributed by atoms with Gasteiger partial charge < -0.3 is 16.2 Å². The molecule has 4 N–H and O–H groups in total. The third kappa shape index (κ3) is 4.94. The molecule has 4 nitrogen and oxygen atoms in total. The Morgan fingerprint density at radius 2 is 2.12 bits per heavy atom. The zero-order valence-electron chi connectivity index (χ0n) is 10.8. The van der Waals surface area contributed by atoms with Crippen LogP contribution in [0.15, 0.2) is 0 Å². The van der Waals surface area contributed by atoms with Crippen molar-refractivity contribution in [1.29, 1.82) is 0 Å². The molecular formula is C12H26N2O2. The van der Waals surface area contributed by atoms with Gasteiger partial charge in [0.1, 0.15) is 0 Å². The van der Waals surface area contributed by atoms with Gasteiger partial charge in [-0.25, -0.2) is 0 Å². The van der Waals surface area contributed by atoms with Gasteiger partial charge in [0.05, 0.1) is 5.92 Å². The first kappa shape index (κ1) is 15.4. The van der Waals surface area contributed by atoms with E-state index in [2.05, 4.69) is 5.32 Å². The summed E-state index contributed by atoms with van der Waals surface area (Å²) in [4.78, 5) is 11.9. The summed E-state index contributed by atoms with van der Waals surface area (Å²) in [5.74, 6) is -0.0864. The molecule has 1 amide bonds. The van der Waals surface area contributed by atoms with Crippen molar-refractivity contribution in [3.63, 3.8) is 0 Å². The highest BCUT2D eigenvalue weighted by molar-refractivity contribution is 5.79. The van der Waals surface area contributed by atoms with Crippen molar-refractivity contribution >= 4 is 5.91 Å². The normalized spacial score (nSPS) is 16.6. The van der Waals surface area contributed by atoms with Crippen molar-refractivity contribution < 1.29 is 9.90 Å². The summed E-state index contributed by atoms with van der Waals surface area (Å²) in [5, 5.41) is 12.0. The van der Waals surface area contributed by atoms with Crippen LogP contribution in [0, 0.1) is 5.92 Å². The maximum absolute atomic E-state index is 11.9. The molecular weight excluding hydrogens is 204 g/mol. The first-order valence-corrected chi connectivity index (χ1v) is 6.16. The minimum atomic E-state index is -0.313. The summed E-state index contributed by atoms with van der Waals surface area (Å²) in [6.07, 6.45) is 3.17. The minimum Gasteiger partial charge on any atom is -0.396 e. The maximum Gasteiger partial charge on any atom is 0.224 e. The molecule has 96 valence electrons. The zero-order valence-corrected chi connectivity index (χ0v) is 10.8. The standard InChI is InChI=1S/C12H26N2O2/c1-4-6-10(9-13)11(16)14-12(3,5-2)7-8-15/h10,15H,4-9,13H2,1-3H3,(H,14,16). The number of amides is 1. The Kier molecular flexibility index (Phi) is 7.34. The Morgan fingerprint density at radius 3 is 2.50 bits per heavy atom. The quantitative estimate of drug-likeness (QED) is 0.583. The van der Waals surface area contributed by atoms with Gasteiger partial charge in [0.25, 0.3) is 0 Å². The van der Waals surface area contributed by atoms with Crippen LogP contribution in [0.25, 0.3) is 0 Å². The lowest BCUT2D eigenvalue weighted by Gasteiger charge is -2.30. The van der Waals surface area contributed by atoms with Crippen LogP contribution in [0.5, 0.6) is 0 Å². The molecule has 0 aliphatic carbocycles. The molecule has 0 fully saturated rings. The van der Waals surface area contributed by atoms with Crippen molar-refractivity contribution in [3.05, 3.63) is 0 Å². The highest BCUT2D eigenvalue weighted by Gasteiger charge is 2.26. The van der Waals surface area contributed by atoms with E-state index in [1.807, 2.05) is 20.8 Å². The second kappa shape index (κ2) is 7.63. The molecule has 0 heterocycles. The van der Waals surface area contributed by atoms with Crippen LogP contribution >= 0.6 is 0 Å². The fraction of sp³-hybridized carbons (Fsp3) is 0.917. The smallest absolute Gasteiger partial charge is 0.224 e. The van der Waals surface area contributed by atoms with Crippen LogP contribution in [-0.4, -0.2) is 29.7 Å². The van der Waals surface area contributed by atoms with Crippen LogP contribution in [0.3, 0.4) is 0 Å². The topological polar surface area (TPSA) is 75.4 Å². The average Bonchev–Trinajstić information content (AvgIpc) is 2.25. The Morgan fingerprint density at radius 1 is 1.50 bits per heavy atom. The van der Waals surface area contributed by atoms with Gasteiger partial charge in [-0.2, -0.15) is 0 Å². The number of hydrogen-bond acceptors (Lipinski definition) is 3. The summed E-state index contributed by atoms with van der Waals surface area (Å²) >= 11 is 0. The van der Waals surface area contributed by atoms with Crippen molar-refractivity contribution in [1.82, 2.24) is 5.32 Å². The number of rotatable bonds is 8. The summed E-state index contributed by atoms with van der Waals surface area (Å²) in [5.41, 5.74) is 5.27. The highest BCUT2D eigenvalue weighted by Crippen LogP contribution is 2.15. The second-order valence-electron chi connectivity index (χ2n) is 4.60. The Hall–Kier alpha value is -0.610. The van der Waals surface area contributed by atoms with Crippen molar-refractivity contribution in [3.8, 4) is 0 Å². The largest absolute Gasteiger partial charge is 0.396 e. The molecule has 0 rings (SSSR count). The van der Waals surface area contributed by atoms with E-state index in [-0.39, 0.29) is 24.0 Å². The molecule has 0 aromatic carbocycles. The van der Waals surface area contributed by atoms with Gasteiger partial charge in [-0.15, -0.1) is 0 Å². The van der Waals surface area contributed by atoms with Crippen LogP contribution in [0.1, 0.15) is 46.5 Å². The van der Waals surface area contributed by atoms with E-state index < -0.39 is 0 Å². The molecule has 0 radical (unpaired) electrons. The number of nitrogens with two attached hydrogens (primary N) is 1. The predicted molar refractivity (Wildman–Crippen MR) is 66.0 cm³/mol. The highest BCUT2D eigenvalue weighted by atomic mass is 16.3. The third-order valence-corrected chi connectivity index (χ3v) is 3.16. The number of carbonyl (C=O) groups excluding carboxylic acids is 1. The summed E-state index contributed by atoms with van der Waals surface area (Å²) in [6.45, 7) is 6.49. The lowest BCUT2D eigenvalue weighted by atomic mass is 9.93. The monoisotopic (exact) mass is 230 g/mol. The van der Waals surface area contributed by atoms with Crippen molar-refractivity contribution in [2.45, 2.75) is 52.0 Å². The van der Waals surface area contributed by atoms with Crippen molar-refractivity contribution in [2.75, 3.05) is 13.2 Å². The fourth-order valence-corrected chi connectivity index (χ4v) is 1.68. The van der Waals surface area contributed by atoms with Gasteiger partial charge in [0.2, 0.25) is 5.91 Å². The van der Waals surface area contributed by atoms with Gasteiger partial charge in [0, 0.05) is 18.7 Å². The van der Waals surface area contributed by atoms with E-state index in [4.69, 9.17) is 10.8 Å². The zero-order chi connectivity index (χ0) is 12.6. The molecule has 0 saturated heterocycles. The minimum absolute atomic E-state index is 0.0159. The second-order valence-corrected chi connectivity index (χ2v) is 4.60. The SMILES string of the molecule is CCCC(CN)C(=O)NC(C)(CC)CCO. The maximum atomic E-state index is 11.9. The number of aliphatic hydroxyl groups excluding tert-OH is 1. The van der Waals surface area contributed by atoms with E-state index in [1.54, 1.807) is 0 Å². The lowest BCUT2D eigenvalue weighted by molar-refractivity contribution is -0.127. The van der Waals surface area contributed by atoms with E-state index in [9.17, 15) is 4.79 Å². The Bertz CT molecular complexity index is 209. The Labute approximate surface area is 98.6 Å². The van der Waals surface area contributed by atoms with Crippen LogP contribution in [0.2, 0.25) is 0 Å². The van der Waals surface area contributed by atoms with Gasteiger partial charge in [0.15, 0.2) is 0 Å². The number of aliphatic hydroxyl groups is 1. The molecule has 0 aliphatic rings. The van der Waals surface area contributed by atoms with Gasteiger partial charge in [-0.1, -0.05) is 20.3 Å². The van der Waals surface area contributed by atoms with Gasteiger partial charge in [-0.05, 0) is 26.2 Å². The lowest BCUT2D eigenvalue weighted by Crippen LogP contribution is -2.49. The summed E-state index contributed by atoms with van der Waals surface area (Å²) < 4.78 is 0. The molecule has 0 bridgehead atoms. The van der Waals surface area contributed by atoms with Gasteiger partial charge in [-0.3, -0.25) is 4.79 Å². The van der Waals surface area contributed by atoms with Crippen molar-refractivity contribution in [2.24, 2.45) is 11.7 Å². The molecule has 0 spiro atoms. The fourth-order valence-electron chi connectivity index (χ4n) is 1.68. The third-order valence-electron chi connectivity index (χ3n) is 3.16. The molecule has 0 aromatic rings. The number of carbonyl (C=O) groups is 1. The first-order valence-electron chi connectivity index (χ1n) is 6.16. The van der Waals surface area contributed by atoms with Crippen LogP contribution < -0.4 is 11.1 Å². The van der Waals surface area contributed by atoms with E-state index in [0.717, 1.165) is 19.3 Å². The average molecular weight is 230 g/mol. The van der Waals surface area contributed by atoms with E-state index >= 15 is 0 Å². The van der Waals surface area contributed by atoms with E-state index in [0.29, 0.717) is 13.0 Å². The van der Waals surface area contributed by atoms with Crippen LogP contribution in [0.4, 0.5) is 0 Å². The molecule has 2 atom stereocenters. The molecule has 0 saturated carbocycles. The predicted octanol–water partition coefficient (Wildman–Crippen LogP) is 1.03. The summed E-state index contributed by atoms with van der Waals surface area (Å²) in [6, 6.07) is 0. The molecule has 16 heavy (non-hydrogen) atoms. The summed E-state index contributed by atoms with van der Waals surface area (Å²) in [7, 11) is 0. The number of nitrogens with one attached hydrogen (secondary N) is 1. The molecule has 2 unspecified atom stereocenters. The van der Waals surface area contributed by atoms with Crippen LogP contribution in [-0.2, 0) is 4.79 Å². The number of hydrogen-bond donors (Lipinski definition) is 3. The Balaban J connectivity index is 4.37.